The predicted octanol–water partition coefficient (Wildman–Crippen LogP) is 3.08. The largest absolute Gasteiger partial charge is 0.396 e. The highest BCUT2D eigenvalue weighted by molar-refractivity contribution is 14.1. The molecule has 0 amide bonds. The SMILES string of the molecule is CC1CC(CO)C(I)C(C)N1Cc1ccccc1. The molecule has 0 aromatic heterocycles. The zero-order chi connectivity index (χ0) is 13.1. The maximum Gasteiger partial charge on any atom is 0.0470 e. The first-order valence-corrected chi connectivity index (χ1v) is 7.92. The number of hydrogen-bond acceptors (Lipinski definition) is 2. The average molecular weight is 359 g/mol. The molecule has 1 aliphatic rings. The van der Waals surface area contributed by atoms with Crippen LogP contribution in [-0.2, 0) is 6.54 Å². The van der Waals surface area contributed by atoms with Gasteiger partial charge >= 0.3 is 0 Å². The molecule has 1 aromatic rings. The van der Waals surface area contributed by atoms with E-state index in [0.717, 1.165) is 13.0 Å². The predicted molar refractivity (Wildman–Crippen MR) is 83.9 cm³/mol. The van der Waals surface area contributed by atoms with Crippen molar-refractivity contribution in [3.05, 3.63) is 35.9 Å². The fraction of sp³-hybridized carbons (Fsp3) is 0.600. The van der Waals surface area contributed by atoms with Crippen molar-refractivity contribution >= 4 is 22.6 Å². The minimum Gasteiger partial charge on any atom is -0.396 e. The highest BCUT2D eigenvalue weighted by Crippen LogP contribution is 2.33. The van der Waals surface area contributed by atoms with Crippen LogP contribution in [0.4, 0.5) is 0 Å². The third kappa shape index (κ3) is 3.06. The number of aliphatic hydroxyl groups is 1. The average Bonchev–Trinajstić information content (AvgIpc) is 2.40. The number of nitrogens with zero attached hydrogens (tertiary/aromatic N) is 1. The summed E-state index contributed by atoms with van der Waals surface area (Å²) in [6.07, 6.45) is 1.10. The Morgan fingerprint density at radius 3 is 2.56 bits per heavy atom. The summed E-state index contributed by atoms with van der Waals surface area (Å²) in [6.45, 7) is 5.91. The van der Waals surface area contributed by atoms with Gasteiger partial charge in [0.1, 0.15) is 0 Å². The maximum atomic E-state index is 9.45. The Balaban J connectivity index is 2.08. The van der Waals surface area contributed by atoms with Gasteiger partial charge in [0.15, 0.2) is 0 Å². The van der Waals surface area contributed by atoms with Crippen molar-refractivity contribution in [2.24, 2.45) is 5.92 Å². The Kier molecular flexibility index (Phi) is 5.04. The quantitative estimate of drug-likeness (QED) is 0.662. The molecule has 0 saturated carbocycles. The lowest BCUT2D eigenvalue weighted by Gasteiger charge is -2.45. The zero-order valence-corrected chi connectivity index (χ0v) is 13.2. The first-order chi connectivity index (χ1) is 8.63. The molecule has 4 atom stereocenters. The van der Waals surface area contributed by atoms with E-state index in [2.05, 4.69) is 71.7 Å². The molecule has 0 bridgehead atoms. The zero-order valence-electron chi connectivity index (χ0n) is 11.1. The molecule has 1 aliphatic heterocycles. The molecule has 1 heterocycles. The van der Waals surface area contributed by atoms with Crippen LogP contribution in [0.25, 0.3) is 0 Å². The van der Waals surface area contributed by atoms with Gasteiger partial charge < -0.3 is 5.11 Å². The van der Waals surface area contributed by atoms with E-state index in [1.807, 2.05) is 0 Å². The lowest BCUT2D eigenvalue weighted by molar-refractivity contribution is 0.0517. The van der Waals surface area contributed by atoms with Crippen LogP contribution in [-0.4, -0.2) is 32.6 Å². The molecule has 100 valence electrons. The van der Waals surface area contributed by atoms with Gasteiger partial charge in [-0.2, -0.15) is 0 Å². The number of benzene rings is 1. The summed E-state index contributed by atoms with van der Waals surface area (Å²) in [5.41, 5.74) is 1.38. The Morgan fingerprint density at radius 1 is 1.28 bits per heavy atom. The minimum absolute atomic E-state index is 0.321. The van der Waals surface area contributed by atoms with E-state index in [4.69, 9.17) is 0 Å². The van der Waals surface area contributed by atoms with E-state index in [0.29, 0.717) is 28.5 Å². The summed E-state index contributed by atoms with van der Waals surface area (Å²) in [4.78, 5) is 2.57. The molecule has 2 rings (SSSR count). The number of aliphatic hydroxyl groups excluding tert-OH is 1. The van der Waals surface area contributed by atoms with E-state index in [-0.39, 0.29) is 0 Å². The van der Waals surface area contributed by atoms with Crippen LogP contribution >= 0.6 is 22.6 Å². The smallest absolute Gasteiger partial charge is 0.0470 e. The van der Waals surface area contributed by atoms with Crippen LogP contribution in [0.15, 0.2) is 30.3 Å². The number of alkyl halides is 1. The highest BCUT2D eigenvalue weighted by atomic mass is 127. The van der Waals surface area contributed by atoms with Crippen LogP contribution in [0, 0.1) is 5.92 Å². The van der Waals surface area contributed by atoms with Crippen LogP contribution < -0.4 is 0 Å². The molecule has 0 aliphatic carbocycles. The number of rotatable bonds is 3. The molecule has 0 spiro atoms. The molecule has 1 saturated heterocycles. The van der Waals surface area contributed by atoms with Gasteiger partial charge in [0, 0.05) is 29.2 Å². The van der Waals surface area contributed by atoms with Crippen molar-refractivity contribution in [1.82, 2.24) is 4.90 Å². The summed E-state index contributed by atoms with van der Waals surface area (Å²) < 4.78 is 0.535. The van der Waals surface area contributed by atoms with Gasteiger partial charge in [0.2, 0.25) is 0 Å². The van der Waals surface area contributed by atoms with Crippen LogP contribution in [0.3, 0.4) is 0 Å². The molecule has 1 fully saturated rings. The van der Waals surface area contributed by atoms with Gasteiger partial charge in [-0.15, -0.1) is 0 Å². The van der Waals surface area contributed by atoms with Crippen LogP contribution in [0.2, 0.25) is 0 Å². The molecule has 2 nitrogen and oxygen atoms in total. The normalized spacial score (nSPS) is 33.6. The van der Waals surface area contributed by atoms with Gasteiger partial charge in [-0.05, 0) is 31.7 Å². The molecular formula is C15H22INO. The second kappa shape index (κ2) is 6.35. The Morgan fingerprint density at radius 2 is 1.94 bits per heavy atom. The Hall–Kier alpha value is -0.130. The molecule has 4 unspecified atom stereocenters. The van der Waals surface area contributed by atoms with Gasteiger partial charge in [-0.1, -0.05) is 52.9 Å². The van der Waals surface area contributed by atoms with Crippen molar-refractivity contribution in [1.29, 1.82) is 0 Å². The molecule has 1 aromatic carbocycles. The van der Waals surface area contributed by atoms with E-state index >= 15 is 0 Å². The van der Waals surface area contributed by atoms with Gasteiger partial charge in [0.25, 0.3) is 0 Å². The molecule has 1 N–H and O–H groups in total. The second-order valence-electron chi connectivity index (χ2n) is 5.37. The fourth-order valence-corrected chi connectivity index (χ4v) is 3.89. The van der Waals surface area contributed by atoms with Gasteiger partial charge in [0.05, 0.1) is 0 Å². The minimum atomic E-state index is 0.321. The molecule has 3 heteroatoms. The van der Waals surface area contributed by atoms with Gasteiger partial charge in [-0.3, -0.25) is 4.90 Å². The second-order valence-corrected chi connectivity index (χ2v) is 6.81. The topological polar surface area (TPSA) is 23.5 Å². The van der Waals surface area contributed by atoms with Crippen LogP contribution in [0.5, 0.6) is 0 Å². The molecule has 0 radical (unpaired) electrons. The van der Waals surface area contributed by atoms with Crippen LogP contribution in [0.1, 0.15) is 25.8 Å². The monoisotopic (exact) mass is 359 g/mol. The number of piperidine rings is 1. The van der Waals surface area contributed by atoms with Crippen molar-refractivity contribution in [3.63, 3.8) is 0 Å². The standard InChI is InChI=1S/C15H22INO/c1-11-8-14(10-18)15(16)12(2)17(11)9-13-6-4-3-5-7-13/h3-7,11-12,14-15,18H,8-10H2,1-2H3. The maximum absolute atomic E-state index is 9.45. The Bertz CT molecular complexity index is 370. The first-order valence-electron chi connectivity index (χ1n) is 6.68. The van der Waals surface area contributed by atoms with E-state index in [1.54, 1.807) is 0 Å². The summed E-state index contributed by atoms with van der Waals surface area (Å²) in [7, 11) is 0. The summed E-state index contributed by atoms with van der Waals surface area (Å²) in [6, 6.07) is 11.7. The van der Waals surface area contributed by atoms with Crippen molar-refractivity contribution < 1.29 is 5.11 Å². The number of hydrogen-bond donors (Lipinski definition) is 1. The van der Waals surface area contributed by atoms with Crippen molar-refractivity contribution in [2.45, 2.75) is 42.8 Å². The van der Waals surface area contributed by atoms with Crippen molar-refractivity contribution in [3.8, 4) is 0 Å². The van der Waals surface area contributed by atoms with E-state index in [9.17, 15) is 5.11 Å². The van der Waals surface area contributed by atoms with Gasteiger partial charge in [-0.25, -0.2) is 0 Å². The van der Waals surface area contributed by atoms with E-state index in [1.165, 1.54) is 5.56 Å². The lowest BCUT2D eigenvalue weighted by Crippen LogP contribution is -2.52. The number of halogens is 1. The third-order valence-electron chi connectivity index (χ3n) is 4.09. The fourth-order valence-electron chi connectivity index (χ4n) is 2.95. The third-order valence-corrected chi connectivity index (χ3v) is 6.14. The molecular weight excluding hydrogens is 337 g/mol. The van der Waals surface area contributed by atoms with Crippen molar-refractivity contribution in [2.75, 3.05) is 6.61 Å². The highest BCUT2D eigenvalue weighted by Gasteiger charge is 2.37. The molecule has 18 heavy (non-hydrogen) atoms. The number of likely N-dealkylation sites (tertiary alicyclic amines) is 1. The summed E-state index contributed by atoms with van der Waals surface area (Å²) in [5.74, 6) is 0.447. The summed E-state index contributed by atoms with van der Waals surface area (Å²) >= 11 is 2.51. The lowest BCUT2D eigenvalue weighted by atomic mass is 9.87. The van der Waals surface area contributed by atoms with E-state index < -0.39 is 0 Å². The summed E-state index contributed by atoms with van der Waals surface area (Å²) in [5, 5.41) is 9.45. The Labute approximate surface area is 124 Å². The first kappa shape index (κ1) is 14.3.